The van der Waals surface area contributed by atoms with Crippen molar-refractivity contribution in [3.05, 3.63) is 40.3 Å². The Balaban J connectivity index is 1.80. The topological polar surface area (TPSA) is 103 Å². The number of benzene rings is 1. The van der Waals surface area contributed by atoms with Crippen molar-refractivity contribution in [2.75, 3.05) is 23.8 Å². The zero-order valence-corrected chi connectivity index (χ0v) is 14.6. The quantitative estimate of drug-likeness (QED) is 0.762. The minimum Gasteiger partial charge on any atom is -0.492 e. The van der Waals surface area contributed by atoms with E-state index in [4.69, 9.17) is 15.2 Å². The third-order valence-corrected chi connectivity index (χ3v) is 4.85. The van der Waals surface area contributed by atoms with Crippen molar-refractivity contribution in [1.82, 2.24) is 0 Å². The molecule has 0 unspecified atom stereocenters. The second-order valence-electron chi connectivity index (χ2n) is 5.38. The molecule has 3 amide bonds. The molecule has 0 radical (unpaired) electrons. The Morgan fingerprint density at radius 3 is 2.88 bits per heavy atom. The van der Waals surface area contributed by atoms with Crippen LogP contribution in [0.25, 0.3) is 0 Å². The molecule has 3 rings (SSSR count). The number of para-hydroxylation sites is 2. The van der Waals surface area contributed by atoms with Crippen LogP contribution in [0.15, 0.2) is 24.3 Å². The fourth-order valence-electron chi connectivity index (χ4n) is 2.69. The van der Waals surface area contributed by atoms with E-state index >= 15 is 0 Å². The smallest absolute Gasteiger partial charge is 0.324 e. The van der Waals surface area contributed by atoms with Crippen LogP contribution in [0.5, 0.6) is 5.75 Å². The summed E-state index contributed by atoms with van der Waals surface area (Å²) in [5.41, 5.74) is 7.30. The Bertz CT molecular complexity index is 803. The molecule has 4 N–H and O–H groups in total. The Labute approximate surface area is 149 Å². The number of rotatable bonds is 5. The lowest BCUT2D eigenvalue weighted by Gasteiger charge is -2.13. The molecule has 1 aromatic carbocycles. The fourth-order valence-corrected chi connectivity index (χ4v) is 3.87. The normalized spacial score (nSPS) is 13.0. The minimum atomic E-state index is -0.551. The SMILES string of the molecule is CCOc1ccccc1NC(=O)Nc1sc2c(c1C(N)=O)CCOC2. The summed E-state index contributed by atoms with van der Waals surface area (Å²) in [6.45, 7) is 3.33. The van der Waals surface area contributed by atoms with E-state index in [1.807, 2.05) is 13.0 Å². The first kappa shape index (κ1) is 17.2. The highest BCUT2D eigenvalue weighted by molar-refractivity contribution is 7.17. The van der Waals surface area contributed by atoms with E-state index in [0.717, 1.165) is 10.4 Å². The standard InChI is InChI=1S/C17H19N3O4S/c1-2-24-12-6-4-3-5-11(12)19-17(22)20-16-14(15(18)21)10-7-8-23-9-13(10)25-16/h3-6H,2,7-9H2,1H3,(H2,18,21)(H2,19,20,22). The minimum absolute atomic E-state index is 0.372. The van der Waals surface area contributed by atoms with Crippen LogP contribution in [0.3, 0.4) is 0 Å². The van der Waals surface area contributed by atoms with Gasteiger partial charge in [0, 0.05) is 4.88 Å². The summed E-state index contributed by atoms with van der Waals surface area (Å²) in [5.74, 6) is 0.0264. The molecule has 0 spiro atoms. The predicted molar refractivity (Wildman–Crippen MR) is 96.4 cm³/mol. The molecular formula is C17H19N3O4S. The molecule has 0 aliphatic carbocycles. The van der Waals surface area contributed by atoms with Gasteiger partial charge < -0.3 is 20.5 Å². The zero-order chi connectivity index (χ0) is 17.8. The third kappa shape index (κ3) is 3.75. The van der Waals surface area contributed by atoms with Gasteiger partial charge in [-0.2, -0.15) is 0 Å². The van der Waals surface area contributed by atoms with Crippen molar-refractivity contribution in [3.63, 3.8) is 0 Å². The van der Waals surface area contributed by atoms with Crippen LogP contribution in [-0.4, -0.2) is 25.2 Å². The monoisotopic (exact) mass is 361 g/mol. The summed E-state index contributed by atoms with van der Waals surface area (Å²) in [7, 11) is 0. The van der Waals surface area contributed by atoms with Crippen molar-refractivity contribution < 1.29 is 19.1 Å². The number of carbonyl (C=O) groups excluding carboxylic acids is 2. The molecule has 132 valence electrons. The van der Waals surface area contributed by atoms with E-state index in [0.29, 0.717) is 48.2 Å². The van der Waals surface area contributed by atoms with Gasteiger partial charge in [-0.05, 0) is 31.0 Å². The van der Waals surface area contributed by atoms with Crippen LogP contribution < -0.4 is 21.1 Å². The van der Waals surface area contributed by atoms with E-state index in [-0.39, 0.29) is 0 Å². The summed E-state index contributed by atoms with van der Waals surface area (Å²) in [5, 5.41) is 5.90. The number of fused-ring (bicyclic) bond motifs is 1. The molecule has 1 aromatic heterocycles. The number of carbonyl (C=O) groups is 2. The van der Waals surface area contributed by atoms with Gasteiger partial charge in [-0.1, -0.05) is 12.1 Å². The Morgan fingerprint density at radius 2 is 2.12 bits per heavy atom. The molecule has 0 fully saturated rings. The van der Waals surface area contributed by atoms with Gasteiger partial charge in [0.05, 0.1) is 31.1 Å². The molecule has 0 saturated carbocycles. The van der Waals surface area contributed by atoms with Gasteiger partial charge in [-0.3, -0.25) is 10.1 Å². The molecule has 25 heavy (non-hydrogen) atoms. The van der Waals surface area contributed by atoms with Crippen molar-refractivity contribution >= 4 is 34.0 Å². The predicted octanol–water partition coefficient (Wildman–Crippen LogP) is 2.96. The second-order valence-corrected chi connectivity index (χ2v) is 6.49. The number of ether oxygens (including phenoxy) is 2. The molecule has 2 aromatic rings. The highest BCUT2D eigenvalue weighted by Gasteiger charge is 2.25. The number of hydrogen-bond donors (Lipinski definition) is 3. The fraction of sp³-hybridized carbons (Fsp3) is 0.294. The van der Waals surface area contributed by atoms with Crippen LogP contribution in [0, 0.1) is 0 Å². The van der Waals surface area contributed by atoms with Crippen LogP contribution in [0.2, 0.25) is 0 Å². The van der Waals surface area contributed by atoms with Gasteiger partial charge in [0.2, 0.25) is 0 Å². The lowest BCUT2D eigenvalue weighted by atomic mass is 10.1. The Kier molecular flexibility index (Phi) is 5.20. The molecule has 0 atom stereocenters. The van der Waals surface area contributed by atoms with E-state index < -0.39 is 11.9 Å². The van der Waals surface area contributed by atoms with Gasteiger partial charge in [0.1, 0.15) is 10.8 Å². The molecule has 0 bridgehead atoms. The number of urea groups is 1. The molecule has 2 heterocycles. The first-order chi connectivity index (χ1) is 12.1. The maximum Gasteiger partial charge on any atom is 0.324 e. The molecular weight excluding hydrogens is 342 g/mol. The number of hydrogen-bond acceptors (Lipinski definition) is 5. The van der Waals surface area contributed by atoms with Crippen LogP contribution in [0.4, 0.5) is 15.5 Å². The first-order valence-electron chi connectivity index (χ1n) is 7.92. The highest BCUT2D eigenvalue weighted by atomic mass is 32.1. The van der Waals surface area contributed by atoms with Crippen molar-refractivity contribution in [2.45, 2.75) is 20.0 Å². The molecule has 1 aliphatic rings. The van der Waals surface area contributed by atoms with E-state index in [2.05, 4.69) is 10.6 Å². The third-order valence-electron chi connectivity index (χ3n) is 3.73. The average molecular weight is 361 g/mol. The first-order valence-corrected chi connectivity index (χ1v) is 8.73. The van der Waals surface area contributed by atoms with Crippen molar-refractivity contribution in [2.24, 2.45) is 5.73 Å². The molecule has 8 heteroatoms. The Hall–Kier alpha value is -2.58. The number of nitrogens with two attached hydrogens (primary N) is 1. The van der Waals surface area contributed by atoms with Gasteiger partial charge in [0.25, 0.3) is 5.91 Å². The number of thiophene rings is 1. The zero-order valence-electron chi connectivity index (χ0n) is 13.8. The maximum atomic E-state index is 12.4. The van der Waals surface area contributed by atoms with Crippen LogP contribution in [-0.2, 0) is 17.8 Å². The van der Waals surface area contributed by atoms with Crippen LogP contribution in [0.1, 0.15) is 27.7 Å². The molecule has 0 saturated heterocycles. The lowest BCUT2D eigenvalue weighted by Crippen LogP contribution is -2.22. The summed E-state index contributed by atoms with van der Waals surface area (Å²) in [6, 6.07) is 6.68. The number of amides is 3. The highest BCUT2D eigenvalue weighted by Crippen LogP contribution is 2.36. The van der Waals surface area contributed by atoms with Crippen LogP contribution >= 0.6 is 11.3 Å². The number of anilines is 2. The van der Waals surface area contributed by atoms with Gasteiger partial charge in [-0.25, -0.2) is 4.79 Å². The average Bonchev–Trinajstić information content (AvgIpc) is 2.94. The summed E-state index contributed by atoms with van der Waals surface area (Å²) in [4.78, 5) is 25.1. The van der Waals surface area contributed by atoms with Crippen molar-refractivity contribution in [3.8, 4) is 5.75 Å². The Morgan fingerprint density at radius 1 is 1.32 bits per heavy atom. The van der Waals surface area contributed by atoms with Crippen molar-refractivity contribution in [1.29, 1.82) is 0 Å². The van der Waals surface area contributed by atoms with Gasteiger partial charge >= 0.3 is 6.03 Å². The van der Waals surface area contributed by atoms with E-state index in [1.54, 1.807) is 18.2 Å². The number of primary amides is 1. The van der Waals surface area contributed by atoms with Gasteiger partial charge in [-0.15, -0.1) is 11.3 Å². The lowest BCUT2D eigenvalue weighted by molar-refractivity contribution is 0.0991. The number of nitrogens with one attached hydrogen (secondary N) is 2. The van der Waals surface area contributed by atoms with Gasteiger partial charge in [0.15, 0.2) is 0 Å². The summed E-state index contributed by atoms with van der Waals surface area (Å²) in [6.07, 6.45) is 0.612. The summed E-state index contributed by atoms with van der Waals surface area (Å²) < 4.78 is 10.9. The summed E-state index contributed by atoms with van der Waals surface area (Å²) >= 11 is 1.31. The molecule has 7 nitrogen and oxygen atoms in total. The van der Waals surface area contributed by atoms with E-state index in [9.17, 15) is 9.59 Å². The largest absolute Gasteiger partial charge is 0.492 e. The molecule has 1 aliphatic heterocycles. The second kappa shape index (κ2) is 7.54. The maximum absolute atomic E-state index is 12.4. The van der Waals surface area contributed by atoms with E-state index in [1.165, 1.54) is 11.3 Å².